The molecule has 1 aromatic carbocycles. The quantitative estimate of drug-likeness (QED) is 0.462. The molecule has 0 bridgehead atoms. The summed E-state index contributed by atoms with van der Waals surface area (Å²) >= 11 is 0. The Hall–Kier alpha value is -2.82. The van der Waals surface area contributed by atoms with Crippen molar-refractivity contribution in [1.29, 1.82) is 0 Å². The van der Waals surface area contributed by atoms with Gasteiger partial charge in [-0.2, -0.15) is 0 Å². The summed E-state index contributed by atoms with van der Waals surface area (Å²) in [7, 11) is 0. The van der Waals surface area contributed by atoms with Gasteiger partial charge < -0.3 is 14.5 Å². The summed E-state index contributed by atoms with van der Waals surface area (Å²) < 4.78 is 11.3. The van der Waals surface area contributed by atoms with Gasteiger partial charge in [0.1, 0.15) is 12.4 Å². The third-order valence-corrected chi connectivity index (χ3v) is 5.23. The monoisotopic (exact) mass is 422 g/mol. The van der Waals surface area contributed by atoms with Gasteiger partial charge in [-0.05, 0) is 68.5 Å². The molecule has 0 atom stereocenters. The number of nitrogens with zero attached hydrogens (tertiary/aromatic N) is 1. The molecular weight excluding hydrogens is 388 g/mol. The number of aromatic amines is 1. The van der Waals surface area contributed by atoms with Crippen LogP contribution in [0.15, 0.2) is 42.6 Å². The SMILES string of the molecule is CCOC(=O)C(C)(C)Cc1[nH]c2ccc(OCc3ccccn3)cc2c1CC(C)(C)C. The largest absolute Gasteiger partial charge is 0.487 e. The molecule has 0 saturated carbocycles. The summed E-state index contributed by atoms with van der Waals surface area (Å²) in [6, 6.07) is 11.9. The number of hydrogen-bond donors (Lipinski definition) is 1. The Labute approximate surface area is 185 Å². The zero-order valence-corrected chi connectivity index (χ0v) is 19.5. The first-order valence-corrected chi connectivity index (χ1v) is 10.9. The van der Waals surface area contributed by atoms with Crippen LogP contribution in [0.25, 0.3) is 10.9 Å². The normalized spacial score (nSPS) is 12.2. The molecule has 31 heavy (non-hydrogen) atoms. The number of carbonyl (C=O) groups is 1. The van der Waals surface area contributed by atoms with Gasteiger partial charge in [0.25, 0.3) is 0 Å². The highest BCUT2D eigenvalue weighted by molar-refractivity contribution is 5.86. The number of fused-ring (bicyclic) bond motifs is 1. The number of esters is 1. The van der Waals surface area contributed by atoms with Gasteiger partial charge in [-0.1, -0.05) is 26.8 Å². The Morgan fingerprint density at radius 2 is 1.84 bits per heavy atom. The molecule has 0 aliphatic heterocycles. The predicted octanol–water partition coefficient (Wildman–Crippen LogP) is 5.86. The molecule has 2 aromatic heterocycles. The first kappa shape index (κ1) is 22.9. The van der Waals surface area contributed by atoms with Crippen LogP contribution in [0, 0.1) is 10.8 Å². The maximum absolute atomic E-state index is 12.5. The molecule has 5 heteroatoms. The number of carbonyl (C=O) groups excluding carboxylic acids is 1. The molecule has 1 N–H and O–H groups in total. The molecule has 166 valence electrons. The van der Waals surface area contributed by atoms with Crippen LogP contribution in [0.3, 0.4) is 0 Å². The fourth-order valence-corrected chi connectivity index (χ4v) is 3.74. The van der Waals surface area contributed by atoms with Crippen molar-refractivity contribution in [1.82, 2.24) is 9.97 Å². The topological polar surface area (TPSA) is 64.2 Å². The van der Waals surface area contributed by atoms with Gasteiger partial charge in [-0.15, -0.1) is 0 Å². The van der Waals surface area contributed by atoms with Gasteiger partial charge >= 0.3 is 5.97 Å². The first-order valence-electron chi connectivity index (χ1n) is 10.9. The highest BCUT2D eigenvalue weighted by Gasteiger charge is 2.32. The van der Waals surface area contributed by atoms with Crippen molar-refractivity contribution in [2.24, 2.45) is 10.8 Å². The Balaban J connectivity index is 1.94. The van der Waals surface area contributed by atoms with E-state index in [1.54, 1.807) is 6.20 Å². The fourth-order valence-electron chi connectivity index (χ4n) is 3.74. The van der Waals surface area contributed by atoms with Crippen molar-refractivity contribution in [3.63, 3.8) is 0 Å². The van der Waals surface area contributed by atoms with E-state index in [0.29, 0.717) is 19.6 Å². The molecule has 0 fully saturated rings. The second-order valence-corrected chi connectivity index (χ2v) is 9.92. The van der Waals surface area contributed by atoms with E-state index < -0.39 is 5.41 Å². The molecule has 0 aliphatic carbocycles. The Kier molecular flexibility index (Phi) is 6.73. The average molecular weight is 423 g/mol. The lowest BCUT2D eigenvalue weighted by Crippen LogP contribution is -2.29. The summed E-state index contributed by atoms with van der Waals surface area (Å²) in [5, 5.41) is 1.14. The highest BCUT2D eigenvalue weighted by Crippen LogP contribution is 2.35. The van der Waals surface area contributed by atoms with E-state index in [0.717, 1.165) is 34.5 Å². The summed E-state index contributed by atoms with van der Waals surface area (Å²) in [4.78, 5) is 20.4. The Morgan fingerprint density at radius 1 is 1.06 bits per heavy atom. The van der Waals surface area contributed by atoms with Gasteiger partial charge in [0.15, 0.2) is 0 Å². The molecule has 0 spiro atoms. The number of H-pyrrole nitrogens is 1. The molecule has 2 heterocycles. The van der Waals surface area contributed by atoms with Crippen LogP contribution in [-0.4, -0.2) is 22.5 Å². The summed E-state index contributed by atoms with van der Waals surface area (Å²) in [6.07, 6.45) is 3.26. The van der Waals surface area contributed by atoms with E-state index >= 15 is 0 Å². The lowest BCUT2D eigenvalue weighted by Gasteiger charge is -2.24. The van der Waals surface area contributed by atoms with Crippen molar-refractivity contribution in [3.8, 4) is 5.75 Å². The Morgan fingerprint density at radius 3 is 2.48 bits per heavy atom. The van der Waals surface area contributed by atoms with Crippen LogP contribution in [-0.2, 0) is 29.0 Å². The number of ether oxygens (including phenoxy) is 2. The lowest BCUT2D eigenvalue weighted by atomic mass is 9.82. The number of nitrogens with one attached hydrogen (secondary N) is 1. The molecule has 3 rings (SSSR count). The van der Waals surface area contributed by atoms with Crippen LogP contribution >= 0.6 is 0 Å². The van der Waals surface area contributed by atoms with Crippen LogP contribution in [0.4, 0.5) is 0 Å². The molecule has 5 nitrogen and oxygen atoms in total. The maximum Gasteiger partial charge on any atom is 0.311 e. The van der Waals surface area contributed by atoms with Crippen molar-refractivity contribution >= 4 is 16.9 Å². The summed E-state index contributed by atoms with van der Waals surface area (Å²) in [5.41, 5.74) is 3.76. The van der Waals surface area contributed by atoms with Gasteiger partial charge in [0.05, 0.1) is 17.7 Å². The van der Waals surface area contributed by atoms with E-state index in [9.17, 15) is 4.79 Å². The Bertz CT molecular complexity index is 1030. The van der Waals surface area contributed by atoms with Gasteiger partial charge in [-0.3, -0.25) is 9.78 Å². The van der Waals surface area contributed by atoms with Crippen LogP contribution in [0.5, 0.6) is 5.75 Å². The number of rotatable bonds is 8. The van der Waals surface area contributed by atoms with E-state index in [4.69, 9.17) is 9.47 Å². The van der Waals surface area contributed by atoms with Gasteiger partial charge in [-0.25, -0.2) is 0 Å². The molecule has 0 amide bonds. The first-order chi connectivity index (χ1) is 14.6. The fraction of sp³-hybridized carbons (Fsp3) is 0.462. The molecule has 0 saturated heterocycles. The highest BCUT2D eigenvalue weighted by atomic mass is 16.5. The minimum absolute atomic E-state index is 0.1000. The second kappa shape index (κ2) is 9.13. The third kappa shape index (κ3) is 5.87. The van der Waals surface area contributed by atoms with Crippen LogP contribution < -0.4 is 4.74 Å². The van der Waals surface area contributed by atoms with Crippen LogP contribution in [0.1, 0.15) is 58.5 Å². The van der Waals surface area contributed by atoms with Crippen molar-refractivity contribution in [2.75, 3.05) is 6.61 Å². The maximum atomic E-state index is 12.5. The molecule has 3 aromatic rings. The number of aromatic nitrogens is 2. The molecule has 0 radical (unpaired) electrons. The van der Waals surface area contributed by atoms with E-state index in [2.05, 4.69) is 42.9 Å². The summed E-state index contributed by atoms with van der Waals surface area (Å²) in [6.45, 7) is 13.2. The van der Waals surface area contributed by atoms with Crippen molar-refractivity contribution < 1.29 is 14.3 Å². The third-order valence-electron chi connectivity index (χ3n) is 5.23. The average Bonchev–Trinajstić information content (AvgIpc) is 3.02. The van der Waals surface area contributed by atoms with Gasteiger partial charge in [0.2, 0.25) is 0 Å². The second-order valence-electron chi connectivity index (χ2n) is 9.92. The van der Waals surface area contributed by atoms with Crippen molar-refractivity contribution in [2.45, 2.75) is 61.0 Å². The smallest absolute Gasteiger partial charge is 0.311 e. The van der Waals surface area contributed by atoms with Crippen molar-refractivity contribution in [3.05, 3.63) is 59.5 Å². The lowest BCUT2D eigenvalue weighted by molar-refractivity contribution is -0.153. The zero-order valence-electron chi connectivity index (χ0n) is 19.5. The van der Waals surface area contributed by atoms with E-state index in [1.807, 2.05) is 45.0 Å². The minimum Gasteiger partial charge on any atom is -0.487 e. The number of pyridine rings is 1. The zero-order chi connectivity index (χ0) is 22.6. The predicted molar refractivity (Wildman–Crippen MR) is 124 cm³/mol. The summed E-state index contributed by atoms with van der Waals surface area (Å²) in [5.74, 6) is 0.637. The molecule has 0 aliphatic rings. The number of benzene rings is 1. The molecular formula is C26H34N2O3. The minimum atomic E-state index is -0.609. The molecule has 0 unspecified atom stereocenters. The standard InChI is InChI=1S/C26H34N2O3/c1-7-30-24(29)26(5,6)16-23-21(15-25(2,3)4)20-14-19(11-12-22(20)28-23)31-17-18-10-8-9-13-27-18/h8-14,28H,7,15-17H2,1-6H3. The number of hydrogen-bond acceptors (Lipinski definition) is 4. The van der Waals surface area contributed by atoms with E-state index in [-0.39, 0.29) is 11.4 Å². The van der Waals surface area contributed by atoms with Crippen LogP contribution in [0.2, 0.25) is 0 Å². The van der Waals surface area contributed by atoms with E-state index in [1.165, 1.54) is 5.56 Å². The van der Waals surface area contributed by atoms with Gasteiger partial charge in [0, 0.05) is 29.2 Å².